The van der Waals surface area contributed by atoms with E-state index in [1.54, 1.807) is 38.1 Å². The largest absolute Gasteiger partial charge is 0.387 e. The minimum absolute atomic E-state index is 0.348. The van der Waals surface area contributed by atoms with Crippen LogP contribution in [0.25, 0.3) is 44.1 Å². The minimum Gasteiger partial charge on any atom is -0.387 e. The summed E-state index contributed by atoms with van der Waals surface area (Å²) in [7, 11) is 0. The number of pyridine rings is 4. The van der Waals surface area contributed by atoms with Crippen molar-refractivity contribution in [1.82, 2.24) is 19.9 Å². The molecule has 0 bridgehead atoms. The number of hydrogen-bond donors (Lipinski definition) is 1. The maximum absolute atomic E-state index is 13.4. The lowest BCUT2D eigenvalue weighted by molar-refractivity contribution is 0.195. The first kappa shape index (κ1) is 29.0. The van der Waals surface area contributed by atoms with Crippen molar-refractivity contribution in [2.45, 2.75) is 25.3 Å². The van der Waals surface area contributed by atoms with Gasteiger partial charge in [0.05, 0.1) is 46.3 Å². The van der Waals surface area contributed by atoms with Crippen LogP contribution in [-0.4, -0.2) is 25.0 Å². The normalized spacial score (nSPS) is 12.6. The molecule has 6 rings (SSSR count). The van der Waals surface area contributed by atoms with Gasteiger partial charge in [-0.25, -0.2) is 22.5 Å². The molecule has 10 heteroatoms. The highest BCUT2D eigenvalue weighted by molar-refractivity contribution is 6.21. The monoisotopic (exact) mass is 590 g/mol. The van der Waals surface area contributed by atoms with Crippen LogP contribution in [0.5, 0.6) is 0 Å². The van der Waals surface area contributed by atoms with Crippen LogP contribution >= 0.6 is 11.6 Å². The fourth-order valence-electron chi connectivity index (χ4n) is 4.53. The number of alkyl halides is 1. The summed E-state index contributed by atoms with van der Waals surface area (Å²) in [6, 6.07) is 14.7. The Morgan fingerprint density at radius 1 is 0.595 bits per heavy atom. The molecule has 0 aliphatic heterocycles. The molecule has 0 spiro atoms. The topological polar surface area (TPSA) is 71.8 Å². The van der Waals surface area contributed by atoms with Gasteiger partial charge in [0, 0.05) is 45.4 Å². The van der Waals surface area contributed by atoms with Crippen molar-refractivity contribution in [3.63, 3.8) is 0 Å². The Labute approximate surface area is 243 Å². The van der Waals surface area contributed by atoms with Gasteiger partial charge in [-0.2, -0.15) is 0 Å². The first-order chi connectivity index (χ1) is 20.1. The molecule has 2 atom stereocenters. The fourth-order valence-corrected chi connectivity index (χ4v) is 4.69. The molecule has 0 fully saturated rings. The van der Waals surface area contributed by atoms with E-state index >= 15 is 0 Å². The summed E-state index contributed by atoms with van der Waals surface area (Å²) in [6.45, 7) is 3.36. The summed E-state index contributed by atoms with van der Waals surface area (Å²) < 4.78 is 53.5. The molecule has 212 valence electrons. The third kappa shape index (κ3) is 6.37. The highest BCUT2D eigenvalue weighted by Crippen LogP contribution is 2.33. The number of fused-ring (bicyclic) bond motifs is 2. The van der Waals surface area contributed by atoms with Crippen LogP contribution in [0.15, 0.2) is 85.5 Å². The summed E-state index contributed by atoms with van der Waals surface area (Å²) in [5, 5.41) is 10.8. The van der Waals surface area contributed by atoms with Crippen molar-refractivity contribution in [2.24, 2.45) is 0 Å². The lowest BCUT2D eigenvalue weighted by atomic mass is 10.0. The standard InChI is InChI=1S/C16H11ClF2N2.C16H12F2N2O/c1-9(17)16-14(11-5-13(19)8-20-7-11)6-10-4-12(18)2-3-15(10)21-16;1-9(21)16-14(11-5-13(18)8-19-7-11)6-10-4-12(17)2-3-15(10)20-16/h2-9H,1H3;2-9,21H,1H3. The molecule has 2 aromatic carbocycles. The average Bonchev–Trinajstić information content (AvgIpc) is 2.96. The Bertz CT molecular complexity index is 1780. The predicted molar refractivity (Wildman–Crippen MR) is 155 cm³/mol. The smallest absolute Gasteiger partial charge is 0.142 e. The summed E-state index contributed by atoms with van der Waals surface area (Å²) in [5.74, 6) is -1.65. The van der Waals surface area contributed by atoms with Crippen LogP contribution < -0.4 is 0 Å². The third-order valence-corrected chi connectivity index (χ3v) is 6.62. The van der Waals surface area contributed by atoms with Crippen LogP contribution in [0.4, 0.5) is 17.6 Å². The zero-order chi connectivity index (χ0) is 30.0. The third-order valence-electron chi connectivity index (χ3n) is 6.42. The number of aliphatic hydroxyl groups is 1. The Balaban J connectivity index is 0.000000168. The summed E-state index contributed by atoms with van der Waals surface area (Å²) in [5.41, 5.74) is 4.48. The Hall–Kier alpha value is -4.47. The van der Waals surface area contributed by atoms with E-state index < -0.39 is 17.7 Å². The van der Waals surface area contributed by atoms with Gasteiger partial charge in [0.1, 0.15) is 23.3 Å². The van der Waals surface area contributed by atoms with Gasteiger partial charge in [-0.15, -0.1) is 11.6 Å². The lowest BCUT2D eigenvalue weighted by Crippen LogP contribution is -2.00. The second-order valence-corrected chi connectivity index (χ2v) is 10.2. The van der Waals surface area contributed by atoms with Crippen molar-refractivity contribution in [2.75, 3.05) is 0 Å². The molecule has 0 aliphatic rings. The number of aromatic nitrogens is 4. The molecule has 0 saturated heterocycles. The average molecular weight is 591 g/mol. The zero-order valence-corrected chi connectivity index (χ0v) is 23.1. The number of hydrogen-bond acceptors (Lipinski definition) is 5. The molecular formula is C32H23ClF4N4O. The van der Waals surface area contributed by atoms with Gasteiger partial charge in [0.2, 0.25) is 0 Å². The van der Waals surface area contributed by atoms with Gasteiger partial charge in [-0.1, -0.05) is 0 Å². The Morgan fingerprint density at radius 3 is 1.48 bits per heavy atom. The SMILES string of the molecule is CC(Cl)c1nc2ccc(F)cc2cc1-c1cncc(F)c1.CC(O)c1nc2ccc(F)cc2cc1-c1cncc(F)c1. The maximum atomic E-state index is 13.4. The predicted octanol–water partition coefficient (Wildman–Crippen LogP) is 8.50. The van der Waals surface area contributed by atoms with Crippen molar-refractivity contribution in [3.8, 4) is 22.3 Å². The van der Waals surface area contributed by atoms with Gasteiger partial charge in [-0.05, 0) is 74.5 Å². The number of nitrogens with zero attached hydrogens (tertiary/aromatic N) is 4. The second-order valence-electron chi connectivity index (χ2n) is 9.59. The molecule has 2 unspecified atom stereocenters. The van der Waals surface area contributed by atoms with E-state index in [4.69, 9.17) is 11.6 Å². The molecule has 4 aromatic heterocycles. The minimum atomic E-state index is -0.835. The van der Waals surface area contributed by atoms with E-state index in [9.17, 15) is 22.7 Å². The molecule has 6 aromatic rings. The van der Waals surface area contributed by atoms with Crippen LogP contribution in [0.2, 0.25) is 0 Å². The number of benzene rings is 2. The highest BCUT2D eigenvalue weighted by atomic mass is 35.5. The molecule has 4 heterocycles. The van der Waals surface area contributed by atoms with E-state index in [1.165, 1.54) is 48.8 Å². The summed E-state index contributed by atoms with van der Waals surface area (Å²) >= 11 is 6.18. The van der Waals surface area contributed by atoms with Crippen LogP contribution in [0.3, 0.4) is 0 Å². The zero-order valence-electron chi connectivity index (χ0n) is 22.4. The molecule has 42 heavy (non-hydrogen) atoms. The van der Waals surface area contributed by atoms with Crippen LogP contribution in [0, 0.1) is 23.3 Å². The van der Waals surface area contributed by atoms with E-state index in [0.717, 1.165) is 12.4 Å². The van der Waals surface area contributed by atoms with E-state index in [-0.39, 0.29) is 17.0 Å². The summed E-state index contributed by atoms with van der Waals surface area (Å²) in [6.07, 6.45) is 4.41. The fraction of sp³-hybridized carbons (Fsp3) is 0.125. The molecule has 0 saturated carbocycles. The maximum Gasteiger partial charge on any atom is 0.142 e. The molecule has 0 amide bonds. The quantitative estimate of drug-likeness (QED) is 0.165. The van der Waals surface area contributed by atoms with Crippen LogP contribution in [-0.2, 0) is 0 Å². The van der Waals surface area contributed by atoms with E-state index in [2.05, 4.69) is 19.9 Å². The molecular weight excluding hydrogens is 568 g/mol. The van der Waals surface area contributed by atoms with Gasteiger partial charge < -0.3 is 5.11 Å². The van der Waals surface area contributed by atoms with Crippen molar-refractivity contribution in [3.05, 3.63) is 120 Å². The number of aliphatic hydroxyl groups excluding tert-OH is 1. The first-order valence-corrected chi connectivity index (χ1v) is 13.3. The molecule has 1 N–H and O–H groups in total. The Kier molecular flexibility index (Phi) is 8.42. The lowest BCUT2D eigenvalue weighted by Gasteiger charge is -2.13. The van der Waals surface area contributed by atoms with Gasteiger partial charge in [0.25, 0.3) is 0 Å². The molecule has 5 nitrogen and oxygen atoms in total. The van der Waals surface area contributed by atoms with E-state index in [0.29, 0.717) is 55.4 Å². The first-order valence-electron chi connectivity index (χ1n) is 12.8. The van der Waals surface area contributed by atoms with Gasteiger partial charge >= 0.3 is 0 Å². The summed E-state index contributed by atoms with van der Waals surface area (Å²) in [4.78, 5) is 16.5. The molecule has 0 aliphatic carbocycles. The van der Waals surface area contributed by atoms with Crippen molar-refractivity contribution < 1.29 is 22.7 Å². The van der Waals surface area contributed by atoms with E-state index in [1.807, 2.05) is 0 Å². The Morgan fingerprint density at radius 2 is 1.05 bits per heavy atom. The van der Waals surface area contributed by atoms with Crippen molar-refractivity contribution >= 4 is 33.4 Å². The number of halogens is 5. The van der Waals surface area contributed by atoms with Crippen LogP contribution in [0.1, 0.15) is 36.7 Å². The number of rotatable bonds is 4. The van der Waals surface area contributed by atoms with Gasteiger partial charge in [-0.3, -0.25) is 15.0 Å². The second kappa shape index (κ2) is 12.2. The molecule has 0 radical (unpaired) electrons. The van der Waals surface area contributed by atoms with Crippen molar-refractivity contribution in [1.29, 1.82) is 0 Å². The van der Waals surface area contributed by atoms with Gasteiger partial charge in [0.15, 0.2) is 0 Å². The highest BCUT2D eigenvalue weighted by Gasteiger charge is 2.16.